The summed E-state index contributed by atoms with van der Waals surface area (Å²) in [6.07, 6.45) is -2.78. The number of nitrogens with zero attached hydrogens (tertiary/aromatic N) is 2. The van der Waals surface area contributed by atoms with E-state index in [9.17, 15) is 15.0 Å². The molecule has 0 amide bonds. The zero-order chi connectivity index (χ0) is 24.3. The van der Waals surface area contributed by atoms with Gasteiger partial charge in [-0.1, -0.05) is 37.4 Å². The van der Waals surface area contributed by atoms with Gasteiger partial charge in [-0.25, -0.2) is 0 Å². The minimum Gasteiger partial charge on any atom is -0.463 e. The van der Waals surface area contributed by atoms with Crippen LogP contribution in [0.15, 0.2) is 9.98 Å². The Morgan fingerprint density at radius 2 is 1.52 bits per heavy atom. The van der Waals surface area contributed by atoms with Gasteiger partial charge in [-0.2, -0.15) is 0 Å². The number of aliphatic imine (C=N–C) groups is 2. The molecule has 0 saturated carbocycles. The highest BCUT2D eigenvalue weighted by Crippen LogP contribution is 2.39. The largest absolute Gasteiger partial charge is 0.463 e. The number of carbonyl (C=O) groups is 1. The first-order valence-corrected chi connectivity index (χ1v) is 12.7. The molecule has 13 heteroatoms. The minimum absolute atomic E-state index is 0.0318. The summed E-state index contributed by atoms with van der Waals surface area (Å²) in [5.41, 5.74) is -0.241. The van der Waals surface area contributed by atoms with E-state index < -0.39 is 18.3 Å². The van der Waals surface area contributed by atoms with Crippen LogP contribution >= 0.6 is 23.5 Å². The molecule has 33 heavy (non-hydrogen) atoms. The fourth-order valence-electron chi connectivity index (χ4n) is 4.13. The summed E-state index contributed by atoms with van der Waals surface area (Å²) in [5, 5.41) is 36.3. The fourth-order valence-corrected chi connectivity index (χ4v) is 6.42. The molecule has 4 rings (SSSR count). The van der Waals surface area contributed by atoms with Crippen LogP contribution in [0.2, 0.25) is 0 Å². The summed E-state index contributed by atoms with van der Waals surface area (Å²) >= 11 is 2.97. The van der Waals surface area contributed by atoms with Gasteiger partial charge in [-0.05, 0) is 11.8 Å². The third-order valence-corrected chi connectivity index (χ3v) is 8.68. The second-order valence-corrected chi connectivity index (χ2v) is 10.6. The van der Waals surface area contributed by atoms with E-state index in [4.69, 9.17) is 19.3 Å². The minimum atomic E-state index is -1.07. The van der Waals surface area contributed by atoms with Gasteiger partial charge in [0, 0.05) is 21.0 Å². The molecule has 0 aliphatic carbocycles. The van der Waals surface area contributed by atoms with Gasteiger partial charge in [0.15, 0.2) is 10.3 Å². The summed E-state index contributed by atoms with van der Waals surface area (Å²) in [4.78, 5) is 19.0. The first kappa shape index (κ1) is 26.5. The van der Waals surface area contributed by atoms with Crippen LogP contribution in [0.25, 0.3) is 0 Å². The Bertz CT molecular complexity index is 758. The first-order chi connectivity index (χ1) is 15.7. The summed E-state index contributed by atoms with van der Waals surface area (Å²) in [6, 6.07) is -0.0798. The standard InChI is InChI=1S/C12H20N2O3S.C8H14N2O4S/c1-6-7(2)10-11(18-12(13-4)14-10)17-9(6)5-16-8(3)15;1-9-8-10-4-6(13)5(12)3(2-11)14-7(4)15-8/h6-7,9-11H,5H2,1-4H3,(H,13,14);3-7,11-13H,2H2,1H3,(H,9,10)/t6-,7-,9+,10?,11?;3-,4?,5-,6-,7?/m01/s1. The molecular weight excluding hydrogens is 472 g/mol. The summed E-state index contributed by atoms with van der Waals surface area (Å²) in [7, 11) is 3.41. The van der Waals surface area contributed by atoms with E-state index in [-0.39, 0.29) is 41.6 Å². The Balaban J connectivity index is 0.000000189. The van der Waals surface area contributed by atoms with Crippen LogP contribution in [0.4, 0.5) is 0 Å². The Labute approximate surface area is 202 Å². The van der Waals surface area contributed by atoms with Crippen molar-refractivity contribution in [3.63, 3.8) is 0 Å². The Morgan fingerprint density at radius 3 is 2.06 bits per heavy atom. The number of thioether (sulfide) groups is 2. The number of carbonyl (C=O) groups excluding carboxylic acids is 1. The van der Waals surface area contributed by atoms with Crippen LogP contribution in [0.5, 0.6) is 0 Å². The van der Waals surface area contributed by atoms with E-state index in [1.165, 1.54) is 18.7 Å². The van der Waals surface area contributed by atoms with Gasteiger partial charge >= 0.3 is 5.97 Å². The van der Waals surface area contributed by atoms with Crippen molar-refractivity contribution >= 4 is 39.8 Å². The molecule has 4 heterocycles. The van der Waals surface area contributed by atoms with Gasteiger partial charge in [0.05, 0.1) is 24.8 Å². The smallest absolute Gasteiger partial charge is 0.302 e. The van der Waals surface area contributed by atoms with Crippen molar-refractivity contribution in [1.29, 1.82) is 0 Å². The lowest BCUT2D eigenvalue weighted by atomic mass is 9.83. The second kappa shape index (κ2) is 11.6. The van der Waals surface area contributed by atoms with Crippen molar-refractivity contribution in [1.82, 2.24) is 10.6 Å². The van der Waals surface area contributed by atoms with Crippen LogP contribution < -0.4 is 10.6 Å². The summed E-state index contributed by atoms with van der Waals surface area (Å²) in [5.74, 6) is 0.541. The zero-order valence-corrected chi connectivity index (χ0v) is 21.0. The number of hydrogen-bond acceptors (Lipinski definition) is 11. The topological polar surface area (TPSA) is 154 Å². The van der Waals surface area contributed by atoms with Crippen molar-refractivity contribution in [3.8, 4) is 0 Å². The van der Waals surface area contributed by atoms with E-state index in [0.717, 1.165) is 5.17 Å². The quantitative estimate of drug-likeness (QED) is 0.310. The van der Waals surface area contributed by atoms with Crippen LogP contribution in [0.1, 0.15) is 20.8 Å². The lowest BCUT2D eigenvalue weighted by Gasteiger charge is -2.40. The maximum Gasteiger partial charge on any atom is 0.302 e. The Kier molecular flexibility index (Phi) is 9.29. The number of aliphatic hydroxyl groups is 3. The molecule has 5 N–H and O–H groups in total. The number of nitrogens with one attached hydrogen (secondary N) is 2. The molecule has 0 radical (unpaired) electrons. The highest BCUT2D eigenvalue weighted by Gasteiger charge is 2.49. The van der Waals surface area contributed by atoms with Crippen molar-refractivity contribution in [2.75, 3.05) is 27.3 Å². The summed E-state index contributed by atoms with van der Waals surface area (Å²) in [6.45, 7) is 5.80. The Hall–Kier alpha value is -1.09. The predicted octanol–water partition coefficient (Wildman–Crippen LogP) is -0.646. The third-order valence-electron chi connectivity index (χ3n) is 6.36. The van der Waals surface area contributed by atoms with Crippen LogP contribution in [-0.4, -0.2) is 106 Å². The highest BCUT2D eigenvalue weighted by molar-refractivity contribution is 8.14. The molecular formula is C20H34N4O7S2. The number of ether oxygens (including phenoxy) is 3. The number of amidine groups is 2. The van der Waals surface area contributed by atoms with E-state index in [0.29, 0.717) is 23.6 Å². The van der Waals surface area contributed by atoms with Crippen molar-refractivity contribution in [2.45, 2.75) is 68.1 Å². The maximum atomic E-state index is 10.9. The number of aliphatic hydroxyl groups excluding tert-OH is 3. The molecule has 0 spiro atoms. The number of esters is 1. The predicted molar refractivity (Wildman–Crippen MR) is 127 cm³/mol. The number of rotatable bonds is 3. The number of fused-ring (bicyclic) bond motifs is 2. The monoisotopic (exact) mass is 506 g/mol. The molecule has 4 fully saturated rings. The van der Waals surface area contributed by atoms with Crippen molar-refractivity contribution in [2.24, 2.45) is 21.8 Å². The van der Waals surface area contributed by atoms with Crippen LogP contribution in [-0.2, 0) is 19.0 Å². The van der Waals surface area contributed by atoms with Gasteiger partial charge in [-0.3, -0.25) is 14.8 Å². The molecule has 0 aromatic carbocycles. The molecule has 11 nitrogen and oxygen atoms in total. The van der Waals surface area contributed by atoms with Crippen LogP contribution in [0.3, 0.4) is 0 Å². The van der Waals surface area contributed by atoms with Crippen LogP contribution in [0, 0.1) is 11.8 Å². The highest BCUT2D eigenvalue weighted by atomic mass is 32.2. The average molecular weight is 507 g/mol. The van der Waals surface area contributed by atoms with Gasteiger partial charge in [0.2, 0.25) is 0 Å². The fraction of sp³-hybridized carbons (Fsp3) is 0.850. The van der Waals surface area contributed by atoms with Crippen molar-refractivity contribution < 1.29 is 34.3 Å². The third kappa shape index (κ3) is 5.95. The molecule has 0 aromatic rings. The molecule has 0 aromatic heterocycles. The first-order valence-electron chi connectivity index (χ1n) is 10.9. The van der Waals surface area contributed by atoms with Gasteiger partial charge in [0.25, 0.3) is 0 Å². The van der Waals surface area contributed by atoms with E-state index in [1.54, 1.807) is 25.9 Å². The second-order valence-electron chi connectivity index (χ2n) is 8.40. The van der Waals surface area contributed by atoms with Gasteiger partial charge in [-0.15, -0.1) is 0 Å². The van der Waals surface area contributed by atoms with Gasteiger partial charge in [0.1, 0.15) is 35.8 Å². The van der Waals surface area contributed by atoms with Crippen molar-refractivity contribution in [3.05, 3.63) is 0 Å². The molecule has 0 bridgehead atoms. The lowest BCUT2D eigenvalue weighted by Crippen LogP contribution is -2.59. The normalized spacial score (nSPS) is 44.2. The molecule has 4 aliphatic heterocycles. The number of hydrogen-bond donors (Lipinski definition) is 5. The zero-order valence-electron chi connectivity index (χ0n) is 19.4. The molecule has 4 unspecified atom stereocenters. The maximum absolute atomic E-state index is 10.9. The molecule has 4 aliphatic rings. The SMILES string of the molecule is CN=C1NC2C(O[C@H](CO)[C@@H](O)[C@@H]2O)S1.CN=C1NC2C(O[C@H](COC(C)=O)[C@@H](C)[C@@H]2C)S1. The van der Waals surface area contributed by atoms with E-state index in [2.05, 4.69) is 34.5 Å². The Morgan fingerprint density at radius 1 is 0.970 bits per heavy atom. The van der Waals surface area contributed by atoms with E-state index in [1.807, 2.05) is 0 Å². The molecule has 188 valence electrons. The average Bonchev–Trinajstić information content (AvgIpc) is 3.42. The lowest BCUT2D eigenvalue weighted by molar-refractivity contribution is -0.167. The summed E-state index contributed by atoms with van der Waals surface area (Å²) < 4.78 is 16.5. The molecule has 10 atom stereocenters. The van der Waals surface area contributed by atoms with Gasteiger partial charge < -0.3 is 40.2 Å². The molecule has 4 saturated heterocycles. The van der Waals surface area contributed by atoms with E-state index >= 15 is 0 Å².